The van der Waals surface area contributed by atoms with Gasteiger partial charge in [0.15, 0.2) is 0 Å². The number of anilines is 1. The van der Waals surface area contributed by atoms with E-state index in [2.05, 4.69) is 37.1 Å². The van der Waals surface area contributed by atoms with Crippen LogP contribution in [0.2, 0.25) is 0 Å². The fourth-order valence-corrected chi connectivity index (χ4v) is 1.46. The first-order valence-corrected chi connectivity index (χ1v) is 6.41. The second kappa shape index (κ2) is 6.82. The lowest BCUT2D eigenvalue weighted by molar-refractivity contribution is 0.160. The molecule has 0 radical (unpaired) electrons. The van der Waals surface area contributed by atoms with E-state index in [9.17, 15) is 0 Å². The summed E-state index contributed by atoms with van der Waals surface area (Å²) in [5.74, 6) is 1.42. The van der Waals surface area contributed by atoms with Crippen LogP contribution in [-0.2, 0) is 10.2 Å². The maximum atomic E-state index is 5.50. The zero-order valence-electron chi connectivity index (χ0n) is 10.8. The van der Waals surface area contributed by atoms with E-state index in [1.54, 1.807) is 0 Å². The SMILES string of the molecule is CC(C)(C)c1ccc(NCCOCCCl)nc1. The Bertz CT molecular complexity index is 319. The summed E-state index contributed by atoms with van der Waals surface area (Å²) < 4.78 is 5.26. The molecule has 0 saturated heterocycles. The number of pyridine rings is 1. The van der Waals surface area contributed by atoms with Crippen LogP contribution in [0.1, 0.15) is 26.3 Å². The fraction of sp³-hybridized carbons (Fsp3) is 0.615. The van der Waals surface area contributed by atoms with E-state index in [1.165, 1.54) is 5.56 Å². The Kier molecular flexibility index (Phi) is 5.72. The third kappa shape index (κ3) is 5.37. The summed E-state index contributed by atoms with van der Waals surface area (Å²) >= 11 is 5.50. The van der Waals surface area contributed by atoms with Gasteiger partial charge in [0.1, 0.15) is 5.82 Å². The number of hydrogen-bond acceptors (Lipinski definition) is 3. The summed E-state index contributed by atoms with van der Waals surface area (Å²) in [5, 5.41) is 3.20. The van der Waals surface area contributed by atoms with Crippen LogP contribution in [0.3, 0.4) is 0 Å². The molecule has 3 nitrogen and oxygen atoms in total. The van der Waals surface area contributed by atoms with Gasteiger partial charge in [0.2, 0.25) is 0 Å². The summed E-state index contributed by atoms with van der Waals surface area (Å²) in [5.41, 5.74) is 1.39. The van der Waals surface area contributed by atoms with Crippen molar-refractivity contribution < 1.29 is 4.74 Å². The largest absolute Gasteiger partial charge is 0.378 e. The van der Waals surface area contributed by atoms with Gasteiger partial charge in [-0.05, 0) is 17.0 Å². The predicted octanol–water partition coefficient (Wildman–Crippen LogP) is 3.05. The quantitative estimate of drug-likeness (QED) is 0.628. The van der Waals surface area contributed by atoms with Crippen LogP contribution in [0.25, 0.3) is 0 Å². The van der Waals surface area contributed by atoms with Gasteiger partial charge in [-0.15, -0.1) is 11.6 Å². The lowest BCUT2D eigenvalue weighted by atomic mass is 9.88. The van der Waals surface area contributed by atoms with Gasteiger partial charge in [0.25, 0.3) is 0 Å². The molecule has 0 spiro atoms. The summed E-state index contributed by atoms with van der Waals surface area (Å²) in [6.07, 6.45) is 1.92. The van der Waals surface area contributed by atoms with Gasteiger partial charge in [-0.2, -0.15) is 0 Å². The third-order valence-electron chi connectivity index (χ3n) is 2.40. The highest BCUT2D eigenvalue weighted by Crippen LogP contribution is 2.21. The smallest absolute Gasteiger partial charge is 0.125 e. The van der Waals surface area contributed by atoms with Crippen LogP contribution in [0.4, 0.5) is 5.82 Å². The van der Waals surface area contributed by atoms with Crippen LogP contribution >= 0.6 is 11.6 Å². The molecular formula is C13H21ClN2O. The minimum absolute atomic E-state index is 0.148. The minimum atomic E-state index is 0.148. The van der Waals surface area contributed by atoms with E-state index in [4.69, 9.17) is 16.3 Å². The molecule has 0 saturated carbocycles. The standard InChI is InChI=1S/C13H21ClN2O/c1-13(2,3)11-4-5-12(16-10-11)15-7-9-17-8-6-14/h4-5,10H,6-9H2,1-3H3,(H,15,16). The molecular weight excluding hydrogens is 236 g/mol. The molecule has 4 heteroatoms. The molecule has 0 aliphatic carbocycles. The third-order valence-corrected chi connectivity index (χ3v) is 2.56. The highest BCUT2D eigenvalue weighted by molar-refractivity contribution is 6.17. The Morgan fingerprint density at radius 2 is 2.06 bits per heavy atom. The highest BCUT2D eigenvalue weighted by atomic mass is 35.5. The Morgan fingerprint density at radius 3 is 2.59 bits per heavy atom. The Hall–Kier alpha value is -0.800. The van der Waals surface area contributed by atoms with Crippen molar-refractivity contribution in [2.24, 2.45) is 0 Å². The second-order valence-corrected chi connectivity index (χ2v) is 5.29. The maximum Gasteiger partial charge on any atom is 0.125 e. The molecule has 0 aromatic carbocycles. The monoisotopic (exact) mass is 256 g/mol. The van der Waals surface area contributed by atoms with Gasteiger partial charge >= 0.3 is 0 Å². The Labute approximate surface area is 109 Å². The van der Waals surface area contributed by atoms with Crippen LogP contribution in [0.5, 0.6) is 0 Å². The molecule has 1 rings (SSSR count). The molecule has 0 amide bonds. The molecule has 0 fully saturated rings. The lowest BCUT2D eigenvalue weighted by Crippen LogP contribution is -2.13. The molecule has 1 aromatic heterocycles. The van der Waals surface area contributed by atoms with Gasteiger partial charge in [0.05, 0.1) is 13.2 Å². The molecule has 0 atom stereocenters. The zero-order chi connectivity index (χ0) is 12.7. The number of nitrogens with one attached hydrogen (secondary N) is 1. The topological polar surface area (TPSA) is 34.1 Å². The van der Waals surface area contributed by atoms with E-state index in [1.807, 2.05) is 12.3 Å². The van der Waals surface area contributed by atoms with Gasteiger partial charge in [-0.1, -0.05) is 26.8 Å². The van der Waals surface area contributed by atoms with Crippen LogP contribution in [0, 0.1) is 0 Å². The Morgan fingerprint density at radius 1 is 1.29 bits per heavy atom. The van der Waals surface area contributed by atoms with Crippen LogP contribution in [0.15, 0.2) is 18.3 Å². The van der Waals surface area contributed by atoms with Gasteiger partial charge in [-0.3, -0.25) is 0 Å². The molecule has 1 heterocycles. The number of nitrogens with zero attached hydrogens (tertiary/aromatic N) is 1. The van der Waals surface area contributed by atoms with Crippen LogP contribution < -0.4 is 5.32 Å². The van der Waals surface area contributed by atoms with Crippen molar-refractivity contribution in [1.82, 2.24) is 4.98 Å². The number of rotatable bonds is 6. The van der Waals surface area contributed by atoms with Crippen molar-refractivity contribution in [2.45, 2.75) is 26.2 Å². The molecule has 17 heavy (non-hydrogen) atoms. The molecule has 96 valence electrons. The highest BCUT2D eigenvalue weighted by Gasteiger charge is 2.13. The number of hydrogen-bond donors (Lipinski definition) is 1. The number of halogens is 1. The normalized spacial score (nSPS) is 11.5. The van der Waals surface area contributed by atoms with Crippen LogP contribution in [-0.4, -0.2) is 30.6 Å². The van der Waals surface area contributed by atoms with Crippen molar-refractivity contribution in [3.05, 3.63) is 23.9 Å². The second-order valence-electron chi connectivity index (χ2n) is 4.91. The molecule has 0 aliphatic heterocycles. The van der Waals surface area contributed by atoms with Crippen molar-refractivity contribution >= 4 is 17.4 Å². The molecule has 0 aliphatic rings. The van der Waals surface area contributed by atoms with Crippen molar-refractivity contribution in [1.29, 1.82) is 0 Å². The Balaban J connectivity index is 2.36. The van der Waals surface area contributed by atoms with Crippen molar-refractivity contribution in [2.75, 3.05) is 31.0 Å². The van der Waals surface area contributed by atoms with E-state index in [0.717, 1.165) is 12.4 Å². The summed E-state index contributed by atoms with van der Waals surface area (Å²) in [7, 11) is 0. The summed E-state index contributed by atoms with van der Waals surface area (Å²) in [6.45, 7) is 8.53. The molecule has 0 bridgehead atoms. The fourth-order valence-electron chi connectivity index (χ4n) is 1.35. The van der Waals surface area contributed by atoms with Gasteiger partial charge in [-0.25, -0.2) is 4.98 Å². The van der Waals surface area contributed by atoms with E-state index in [0.29, 0.717) is 19.1 Å². The number of aromatic nitrogens is 1. The first kappa shape index (κ1) is 14.3. The first-order chi connectivity index (χ1) is 8.04. The average Bonchev–Trinajstić information content (AvgIpc) is 2.28. The summed E-state index contributed by atoms with van der Waals surface area (Å²) in [6, 6.07) is 4.11. The first-order valence-electron chi connectivity index (χ1n) is 5.88. The molecule has 1 N–H and O–H groups in total. The maximum absolute atomic E-state index is 5.50. The van der Waals surface area contributed by atoms with E-state index >= 15 is 0 Å². The van der Waals surface area contributed by atoms with Gasteiger partial charge < -0.3 is 10.1 Å². The van der Waals surface area contributed by atoms with Gasteiger partial charge in [0, 0.05) is 18.6 Å². The zero-order valence-corrected chi connectivity index (χ0v) is 11.5. The summed E-state index contributed by atoms with van der Waals surface area (Å²) in [4.78, 5) is 4.37. The average molecular weight is 257 g/mol. The van der Waals surface area contributed by atoms with Crippen molar-refractivity contribution in [3.8, 4) is 0 Å². The van der Waals surface area contributed by atoms with E-state index < -0.39 is 0 Å². The van der Waals surface area contributed by atoms with Crippen molar-refractivity contribution in [3.63, 3.8) is 0 Å². The number of ether oxygens (including phenoxy) is 1. The number of alkyl halides is 1. The predicted molar refractivity (Wildman–Crippen MR) is 73.0 cm³/mol. The lowest BCUT2D eigenvalue weighted by Gasteiger charge is -2.18. The van der Waals surface area contributed by atoms with E-state index in [-0.39, 0.29) is 5.41 Å². The molecule has 0 unspecified atom stereocenters. The minimum Gasteiger partial charge on any atom is -0.378 e. The molecule has 1 aromatic rings.